The van der Waals surface area contributed by atoms with Gasteiger partial charge in [0.25, 0.3) is 11.8 Å². The standard InChI is InChI=1S/C55H62BF3N8O8S/c1-55(2,3)52(62-53(70)51-44-10-5-6-11-46(44)65(63-51)35-38-13-17-40(57)18-14-38)54(71)61-26-9-28-73-30-32-74-31-29-72-27-8-25-60-49(68)36-64(4)50(69)37-75-43-21-15-39(16-22-43)45-23-19-41-34-42-20-24-47(48-12-7-33-76-48)67(42)56(58,59)66(41)45/h5-7,10-24,33-34,52H,8-9,25-32,35-37H2,1-4H3,(H,60,68)(H,61,71)(H,62,70). The van der Waals surface area contributed by atoms with Gasteiger partial charge in [-0.05, 0) is 89.9 Å². The quantitative estimate of drug-likeness (QED) is 0.0378. The molecule has 0 bridgehead atoms. The Morgan fingerprint density at radius 3 is 2.18 bits per heavy atom. The van der Waals surface area contributed by atoms with Crippen molar-refractivity contribution in [2.75, 3.05) is 72.9 Å². The van der Waals surface area contributed by atoms with Crippen LogP contribution in [0.15, 0.2) is 120 Å². The number of hydrogen-bond acceptors (Lipinski definition) is 10. The van der Waals surface area contributed by atoms with Crippen molar-refractivity contribution in [1.82, 2.24) is 35.1 Å². The maximum atomic E-state index is 16.3. The lowest BCUT2D eigenvalue weighted by Gasteiger charge is -2.30. The number of hydrogen-bond donors (Lipinski definition) is 3. The van der Waals surface area contributed by atoms with E-state index in [1.54, 1.807) is 71.4 Å². The lowest BCUT2D eigenvalue weighted by molar-refractivity contribution is -0.360. The Balaban J connectivity index is 0.645. The predicted molar refractivity (Wildman–Crippen MR) is 286 cm³/mol. The van der Waals surface area contributed by atoms with Crippen LogP contribution in [0, 0.1) is 11.2 Å². The molecule has 21 heteroatoms. The molecule has 76 heavy (non-hydrogen) atoms. The third-order valence-corrected chi connectivity index (χ3v) is 13.6. The van der Waals surface area contributed by atoms with Gasteiger partial charge in [0.15, 0.2) is 23.7 Å². The second-order valence-corrected chi connectivity index (χ2v) is 20.4. The number of aromatic nitrogens is 3. The molecule has 8 rings (SSSR count). The molecule has 3 aromatic carbocycles. The molecule has 16 nitrogen and oxygen atoms in total. The number of likely N-dealkylation sites (N-methyl/N-ethyl adjacent to an activating group) is 1. The molecule has 4 amide bonds. The third-order valence-electron chi connectivity index (χ3n) is 12.7. The zero-order chi connectivity index (χ0) is 53.8. The van der Waals surface area contributed by atoms with E-state index in [-0.39, 0.29) is 36.5 Å². The second kappa shape index (κ2) is 25.0. The highest BCUT2D eigenvalue weighted by Crippen LogP contribution is 2.38. The first-order valence-corrected chi connectivity index (χ1v) is 26.1. The van der Waals surface area contributed by atoms with E-state index in [1.807, 2.05) is 62.5 Å². The number of carbonyl (C=O) groups excluding carboxylic acids is 4. The second-order valence-electron chi connectivity index (χ2n) is 19.4. The number of para-hydroxylation sites is 1. The van der Waals surface area contributed by atoms with E-state index >= 15 is 8.63 Å². The van der Waals surface area contributed by atoms with Crippen LogP contribution in [0.25, 0.3) is 27.6 Å². The fourth-order valence-electron chi connectivity index (χ4n) is 8.81. The highest BCUT2D eigenvalue weighted by Gasteiger charge is 2.53. The summed E-state index contributed by atoms with van der Waals surface area (Å²) in [5.74, 6) is -1.50. The van der Waals surface area contributed by atoms with Crippen LogP contribution < -0.4 is 20.7 Å². The van der Waals surface area contributed by atoms with Crippen LogP contribution in [0.2, 0.25) is 0 Å². The van der Waals surface area contributed by atoms with Crippen molar-refractivity contribution in [3.05, 3.63) is 149 Å². The Hall–Kier alpha value is -7.33. The Morgan fingerprint density at radius 1 is 0.816 bits per heavy atom. The highest BCUT2D eigenvalue weighted by atomic mass is 32.1. The molecule has 6 aromatic rings. The molecular weight excluding hydrogens is 1000 g/mol. The summed E-state index contributed by atoms with van der Waals surface area (Å²) in [6.07, 6.45) is 6.22. The monoisotopic (exact) mass is 1060 g/mol. The molecule has 2 aliphatic heterocycles. The SMILES string of the molecule is CN(CC(=O)NCCCOCCOCCOCCCNC(=O)C(NC(=O)c1nn(Cc2ccc(F)cc2)c2ccccc12)C(C)(C)C)C(=O)COc1ccc(C2=[N+]3C(=Cc4ccc(-c5cccs5)n4[B-]3(F)F)C=C2)cc1. The maximum absolute atomic E-state index is 16.3. The first-order chi connectivity index (χ1) is 36.6. The van der Waals surface area contributed by atoms with Gasteiger partial charge in [0.2, 0.25) is 11.8 Å². The van der Waals surface area contributed by atoms with Gasteiger partial charge < -0.3 is 57.4 Å². The van der Waals surface area contributed by atoms with Gasteiger partial charge >= 0.3 is 6.97 Å². The summed E-state index contributed by atoms with van der Waals surface area (Å²) in [7, 11) is 1.51. The van der Waals surface area contributed by atoms with E-state index in [9.17, 15) is 23.6 Å². The van der Waals surface area contributed by atoms with Crippen molar-refractivity contribution in [3.8, 4) is 16.3 Å². The molecule has 0 radical (unpaired) electrons. The van der Waals surface area contributed by atoms with Gasteiger partial charge in [0, 0.05) is 78.8 Å². The largest absolute Gasteiger partial charge is 0.737 e. The van der Waals surface area contributed by atoms with Gasteiger partial charge in [-0.15, -0.1) is 11.3 Å². The average Bonchev–Trinajstić information content (AvgIpc) is 4.36. The summed E-state index contributed by atoms with van der Waals surface area (Å²) in [5.41, 5.74) is 3.38. The van der Waals surface area contributed by atoms with E-state index in [0.29, 0.717) is 112 Å². The maximum Gasteiger partial charge on any atom is 0.737 e. The van der Waals surface area contributed by atoms with Crippen LogP contribution in [0.5, 0.6) is 5.75 Å². The minimum Gasteiger partial charge on any atom is -0.484 e. The Morgan fingerprint density at radius 2 is 1.50 bits per heavy atom. The molecule has 2 aliphatic rings. The number of nitrogens with one attached hydrogen (secondary N) is 3. The Bertz CT molecular complexity index is 3100. The number of carbonyl (C=O) groups is 4. The number of fused-ring (bicyclic) bond motifs is 3. The molecule has 0 spiro atoms. The molecule has 3 aromatic heterocycles. The predicted octanol–water partition coefficient (Wildman–Crippen LogP) is 7.15. The number of thiophene rings is 1. The van der Waals surface area contributed by atoms with Crippen LogP contribution in [-0.2, 0) is 35.1 Å². The van der Waals surface area contributed by atoms with Crippen molar-refractivity contribution in [2.24, 2.45) is 5.41 Å². The van der Waals surface area contributed by atoms with E-state index in [4.69, 9.17) is 18.9 Å². The first-order valence-electron chi connectivity index (χ1n) is 25.2. The third kappa shape index (κ3) is 13.6. The summed E-state index contributed by atoms with van der Waals surface area (Å²) < 4.78 is 72.5. The fourth-order valence-corrected chi connectivity index (χ4v) is 9.55. The van der Waals surface area contributed by atoms with Gasteiger partial charge in [-0.25, -0.2) is 4.39 Å². The zero-order valence-corrected chi connectivity index (χ0v) is 43.8. The number of rotatable bonds is 26. The molecule has 0 saturated carbocycles. The van der Waals surface area contributed by atoms with Crippen LogP contribution in [-0.4, -0.2) is 139 Å². The van der Waals surface area contributed by atoms with Crippen molar-refractivity contribution >= 4 is 64.6 Å². The molecule has 5 heterocycles. The van der Waals surface area contributed by atoms with Gasteiger partial charge in [-0.1, -0.05) is 57.2 Å². The molecular formula is C55H62BF3N8O8S. The van der Waals surface area contributed by atoms with Gasteiger partial charge in [-0.3, -0.25) is 23.9 Å². The van der Waals surface area contributed by atoms with Crippen molar-refractivity contribution in [1.29, 1.82) is 0 Å². The molecule has 0 fully saturated rings. The van der Waals surface area contributed by atoms with Crippen molar-refractivity contribution < 1.29 is 55.6 Å². The van der Waals surface area contributed by atoms with Gasteiger partial charge in [0.1, 0.15) is 17.6 Å². The first kappa shape index (κ1) is 54.9. The summed E-state index contributed by atoms with van der Waals surface area (Å²) in [5, 5.41) is 15.7. The van der Waals surface area contributed by atoms with Crippen LogP contribution in [0.4, 0.5) is 13.0 Å². The Labute approximate surface area is 443 Å². The summed E-state index contributed by atoms with van der Waals surface area (Å²) in [4.78, 5) is 54.3. The molecule has 1 unspecified atom stereocenters. The zero-order valence-electron chi connectivity index (χ0n) is 42.9. The summed E-state index contributed by atoms with van der Waals surface area (Å²) >= 11 is 1.41. The number of nitrogens with zero attached hydrogens (tertiary/aromatic N) is 5. The molecule has 400 valence electrons. The van der Waals surface area contributed by atoms with E-state index in [0.717, 1.165) is 24.9 Å². The highest BCUT2D eigenvalue weighted by molar-refractivity contribution is 7.13. The van der Waals surface area contributed by atoms with Gasteiger partial charge in [0.05, 0.1) is 45.0 Å². The van der Waals surface area contributed by atoms with E-state index < -0.39 is 30.2 Å². The smallest absolute Gasteiger partial charge is 0.484 e. The minimum absolute atomic E-state index is 0.164. The Kier molecular flexibility index (Phi) is 18.1. The lowest BCUT2D eigenvalue weighted by atomic mass is 9.86. The topological polar surface area (TPSA) is 170 Å². The minimum atomic E-state index is -4.20. The molecule has 3 N–H and O–H groups in total. The number of halogens is 3. The normalized spacial score (nSPS) is 14.0. The fraction of sp³-hybridized carbons (Fsp3) is 0.345. The molecule has 0 saturated heterocycles. The summed E-state index contributed by atoms with van der Waals surface area (Å²) in [6, 6.07) is 26.3. The van der Waals surface area contributed by atoms with Crippen LogP contribution >= 0.6 is 11.3 Å². The van der Waals surface area contributed by atoms with E-state index in [1.165, 1.54) is 35.4 Å². The number of benzene rings is 3. The number of amides is 4. The lowest BCUT2D eigenvalue weighted by Crippen LogP contribution is -2.53. The average molecular weight is 1060 g/mol. The molecule has 0 aliphatic carbocycles. The van der Waals surface area contributed by atoms with Crippen LogP contribution in [0.3, 0.4) is 0 Å². The van der Waals surface area contributed by atoms with Crippen molar-refractivity contribution in [2.45, 2.75) is 46.2 Å². The number of allylic oxidation sites excluding steroid dienone is 2. The number of ether oxygens (including phenoxy) is 4. The van der Waals surface area contributed by atoms with Crippen LogP contribution in [0.1, 0.15) is 60.9 Å². The molecule has 1 atom stereocenters. The summed E-state index contributed by atoms with van der Waals surface area (Å²) in [6.45, 7) is 4.19. The van der Waals surface area contributed by atoms with Gasteiger partial charge in [-0.2, -0.15) is 5.10 Å². The van der Waals surface area contributed by atoms with E-state index in [2.05, 4.69) is 21.0 Å². The van der Waals surface area contributed by atoms with Crippen molar-refractivity contribution in [3.63, 3.8) is 0 Å².